The number of hydrogen-bond donors (Lipinski definition) is 1. The molecule has 0 aliphatic carbocycles. The molecule has 1 unspecified atom stereocenters. The Hall–Kier alpha value is -2.41. The van der Waals surface area contributed by atoms with E-state index in [1.165, 1.54) is 17.0 Å². The molecule has 1 N–H and O–H groups in total. The number of carbonyl (C=O) groups excluding carboxylic acids is 1. The minimum Gasteiger partial charge on any atom is -0.463 e. The maximum atomic E-state index is 12.6. The molecule has 0 radical (unpaired) electrons. The summed E-state index contributed by atoms with van der Waals surface area (Å²) in [4.78, 5) is 24.8. The van der Waals surface area contributed by atoms with Gasteiger partial charge in [0.15, 0.2) is 5.76 Å². The normalized spacial score (nSPS) is 17.8. The lowest BCUT2D eigenvalue weighted by molar-refractivity contribution is -0.129. The van der Waals surface area contributed by atoms with Gasteiger partial charge in [0.25, 0.3) is 5.56 Å². The van der Waals surface area contributed by atoms with Crippen molar-refractivity contribution in [3.05, 3.63) is 40.9 Å². The Kier molecular flexibility index (Phi) is 4.53. The van der Waals surface area contributed by atoms with E-state index in [-0.39, 0.29) is 17.6 Å². The van der Waals surface area contributed by atoms with Crippen molar-refractivity contribution in [2.75, 3.05) is 13.2 Å². The van der Waals surface area contributed by atoms with Gasteiger partial charge >= 0.3 is 0 Å². The molecule has 128 valence electrons. The van der Waals surface area contributed by atoms with Crippen LogP contribution in [0.1, 0.15) is 26.7 Å². The number of amides is 1. The fourth-order valence-electron chi connectivity index (χ4n) is 2.69. The summed E-state index contributed by atoms with van der Waals surface area (Å²) < 4.78 is 12.0. The summed E-state index contributed by atoms with van der Waals surface area (Å²) in [6.45, 7) is 4.50. The van der Waals surface area contributed by atoms with Crippen LogP contribution in [-0.2, 0) is 15.1 Å². The molecule has 1 saturated heterocycles. The third-order valence-electron chi connectivity index (χ3n) is 4.17. The largest absolute Gasteiger partial charge is 0.463 e. The maximum Gasteiger partial charge on any atom is 0.267 e. The lowest BCUT2D eigenvalue weighted by Crippen LogP contribution is -2.51. The highest BCUT2D eigenvalue weighted by Crippen LogP contribution is 2.18. The summed E-state index contributed by atoms with van der Waals surface area (Å²) in [7, 11) is 0. The van der Waals surface area contributed by atoms with Crippen LogP contribution in [0.2, 0.25) is 0 Å². The maximum absolute atomic E-state index is 12.6. The molecule has 2 aromatic rings. The summed E-state index contributed by atoms with van der Waals surface area (Å²) >= 11 is 0. The Morgan fingerprint density at radius 2 is 2.25 bits per heavy atom. The Bertz CT molecular complexity index is 758. The molecule has 1 atom stereocenters. The van der Waals surface area contributed by atoms with Crippen molar-refractivity contribution in [3.8, 4) is 11.5 Å². The molecule has 0 bridgehead atoms. The fourth-order valence-corrected chi connectivity index (χ4v) is 2.69. The van der Waals surface area contributed by atoms with Gasteiger partial charge in [0.2, 0.25) is 5.91 Å². The quantitative estimate of drug-likeness (QED) is 0.898. The Morgan fingerprint density at radius 1 is 1.42 bits per heavy atom. The van der Waals surface area contributed by atoms with Gasteiger partial charge in [0, 0.05) is 19.2 Å². The van der Waals surface area contributed by atoms with E-state index in [0.29, 0.717) is 18.0 Å². The van der Waals surface area contributed by atoms with Crippen LogP contribution >= 0.6 is 0 Å². The summed E-state index contributed by atoms with van der Waals surface area (Å²) in [5.74, 6) is 0.267. The topological polar surface area (TPSA) is 86.4 Å². The van der Waals surface area contributed by atoms with E-state index in [4.69, 9.17) is 9.15 Å². The third-order valence-corrected chi connectivity index (χ3v) is 4.17. The molecule has 1 amide bonds. The molecular formula is C17H21N3O4. The molecule has 0 saturated carbocycles. The van der Waals surface area contributed by atoms with Gasteiger partial charge in [-0.3, -0.25) is 9.59 Å². The number of furan rings is 1. The summed E-state index contributed by atoms with van der Waals surface area (Å²) in [5.41, 5.74) is -0.972. The van der Waals surface area contributed by atoms with E-state index in [2.05, 4.69) is 10.4 Å². The summed E-state index contributed by atoms with van der Waals surface area (Å²) in [5, 5.41) is 7.16. The second-order valence-corrected chi connectivity index (χ2v) is 6.35. The first-order chi connectivity index (χ1) is 11.5. The van der Waals surface area contributed by atoms with Crippen LogP contribution in [-0.4, -0.2) is 34.9 Å². The van der Waals surface area contributed by atoms with Gasteiger partial charge in [-0.25, -0.2) is 4.68 Å². The van der Waals surface area contributed by atoms with E-state index < -0.39 is 5.54 Å². The first kappa shape index (κ1) is 16.4. The molecule has 24 heavy (non-hydrogen) atoms. The predicted molar refractivity (Wildman–Crippen MR) is 87.5 cm³/mol. The van der Waals surface area contributed by atoms with Crippen LogP contribution in [0, 0.1) is 0 Å². The number of hydrogen-bond acceptors (Lipinski definition) is 5. The van der Waals surface area contributed by atoms with E-state index in [0.717, 1.165) is 19.4 Å². The van der Waals surface area contributed by atoms with E-state index in [1.807, 2.05) is 0 Å². The highest BCUT2D eigenvalue weighted by atomic mass is 16.5. The van der Waals surface area contributed by atoms with Gasteiger partial charge in [0.05, 0.1) is 12.4 Å². The van der Waals surface area contributed by atoms with E-state index in [9.17, 15) is 9.59 Å². The average Bonchev–Trinajstić information content (AvgIpc) is 3.26. The van der Waals surface area contributed by atoms with Gasteiger partial charge < -0.3 is 14.5 Å². The van der Waals surface area contributed by atoms with Crippen molar-refractivity contribution in [1.82, 2.24) is 15.1 Å². The van der Waals surface area contributed by atoms with Gasteiger partial charge in [-0.05, 0) is 44.9 Å². The monoisotopic (exact) mass is 331 g/mol. The zero-order valence-electron chi connectivity index (χ0n) is 13.8. The lowest BCUT2D eigenvalue weighted by atomic mass is 10.0. The molecule has 7 heteroatoms. The molecule has 3 rings (SSSR count). The number of nitrogens with one attached hydrogen (secondary N) is 1. The van der Waals surface area contributed by atoms with Gasteiger partial charge in [-0.2, -0.15) is 5.10 Å². The van der Waals surface area contributed by atoms with E-state index in [1.54, 1.807) is 32.0 Å². The van der Waals surface area contributed by atoms with Crippen LogP contribution in [0.5, 0.6) is 0 Å². The van der Waals surface area contributed by atoms with Crippen LogP contribution in [0.25, 0.3) is 11.5 Å². The molecule has 1 aliphatic heterocycles. The molecule has 7 nitrogen and oxygen atoms in total. The lowest BCUT2D eigenvalue weighted by Gasteiger charge is -2.26. The first-order valence-electron chi connectivity index (χ1n) is 8.03. The van der Waals surface area contributed by atoms with Crippen molar-refractivity contribution < 1.29 is 13.9 Å². The predicted octanol–water partition coefficient (Wildman–Crippen LogP) is 1.53. The minimum absolute atomic E-state index is 0.0453. The van der Waals surface area contributed by atoms with Crippen molar-refractivity contribution >= 4 is 5.91 Å². The Balaban J connectivity index is 1.81. The Morgan fingerprint density at radius 3 is 2.92 bits per heavy atom. The second-order valence-electron chi connectivity index (χ2n) is 6.35. The minimum atomic E-state index is -1.13. The molecule has 0 spiro atoms. The SMILES string of the molecule is CC(C)(C(=O)NCC1CCCO1)n1nc(-c2ccco2)ccc1=O. The van der Waals surface area contributed by atoms with Crippen molar-refractivity contribution in [2.45, 2.75) is 38.3 Å². The van der Waals surface area contributed by atoms with Gasteiger partial charge in [-0.1, -0.05) is 0 Å². The zero-order chi connectivity index (χ0) is 17.2. The number of ether oxygens (including phenoxy) is 1. The van der Waals surface area contributed by atoms with Crippen molar-refractivity contribution in [3.63, 3.8) is 0 Å². The number of aromatic nitrogens is 2. The number of carbonyl (C=O) groups is 1. The zero-order valence-corrected chi connectivity index (χ0v) is 13.8. The number of rotatable bonds is 5. The number of nitrogens with zero attached hydrogens (tertiary/aromatic N) is 2. The molecule has 3 heterocycles. The van der Waals surface area contributed by atoms with Crippen LogP contribution in [0.4, 0.5) is 0 Å². The van der Waals surface area contributed by atoms with Crippen LogP contribution < -0.4 is 10.9 Å². The first-order valence-corrected chi connectivity index (χ1v) is 8.03. The molecule has 0 aromatic carbocycles. The van der Waals surface area contributed by atoms with Gasteiger partial charge in [0.1, 0.15) is 11.2 Å². The molecule has 2 aromatic heterocycles. The fraction of sp³-hybridized carbons (Fsp3) is 0.471. The molecule has 1 aliphatic rings. The third kappa shape index (κ3) is 3.26. The average molecular weight is 331 g/mol. The van der Waals surface area contributed by atoms with E-state index >= 15 is 0 Å². The van der Waals surface area contributed by atoms with Gasteiger partial charge in [-0.15, -0.1) is 0 Å². The molecular weight excluding hydrogens is 310 g/mol. The smallest absolute Gasteiger partial charge is 0.267 e. The van der Waals surface area contributed by atoms with Crippen LogP contribution in [0.3, 0.4) is 0 Å². The summed E-state index contributed by atoms with van der Waals surface area (Å²) in [6, 6.07) is 6.46. The highest BCUT2D eigenvalue weighted by Gasteiger charge is 2.33. The standard InChI is InChI=1S/C17H21N3O4/c1-17(2,16(22)18-11-12-5-3-9-23-12)20-15(21)8-7-13(19-20)14-6-4-10-24-14/h4,6-8,10,12H,3,5,9,11H2,1-2H3,(H,18,22). The van der Waals surface area contributed by atoms with Crippen molar-refractivity contribution in [2.24, 2.45) is 0 Å². The highest BCUT2D eigenvalue weighted by molar-refractivity contribution is 5.83. The van der Waals surface area contributed by atoms with Crippen molar-refractivity contribution in [1.29, 1.82) is 0 Å². The second kappa shape index (κ2) is 6.60. The summed E-state index contributed by atoms with van der Waals surface area (Å²) in [6.07, 6.45) is 3.53. The Labute approximate surface area is 139 Å². The molecule has 1 fully saturated rings. The van der Waals surface area contributed by atoms with Crippen LogP contribution in [0.15, 0.2) is 39.7 Å².